The second-order valence-corrected chi connectivity index (χ2v) is 7.53. The summed E-state index contributed by atoms with van der Waals surface area (Å²) < 4.78 is 13.4. The maximum Gasteiger partial charge on any atom is 0.257 e. The van der Waals surface area contributed by atoms with E-state index in [0.717, 1.165) is 38.2 Å². The van der Waals surface area contributed by atoms with E-state index in [-0.39, 0.29) is 5.91 Å². The van der Waals surface area contributed by atoms with Crippen LogP contribution in [0.2, 0.25) is 0 Å². The van der Waals surface area contributed by atoms with E-state index in [9.17, 15) is 4.79 Å². The van der Waals surface area contributed by atoms with Gasteiger partial charge in [0, 0.05) is 36.9 Å². The molecule has 32 heavy (non-hydrogen) atoms. The van der Waals surface area contributed by atoms with Gasteiger partial charge in [0.25, 0.3) is 5.91 Å². The summed E-state index contributed by atoms with van der Waals surface area (Å²) in [5, 5.41) is 2.93. The van der Waals surface area contributed by atoms with Crippen molar-refractivity contribution in [1.82, 2.24) is 14.5 Å². The molecule has 1 amide bonds. The fourth-order valence-corrected chi connectivity index (χ4v) is 3.52. The summed E-state index contributed by atoms with van der Waals surface area (Å²) >= 11 is 0. The maximum absolute atomic E-state index is 12.8. The Balaban J connectivity index is 1.67. The van der Waals surface area contributed by atoms with Gasteiger partial charge in [0.2, 0.25) is 0 Å². The van der Waals surface area contributed by atoms with Crippen molar-refractivity contribution < 1.29 is 14.3 Å². The molecule has 2 heterocycles. The maximum atomic E-state index is 12.8. The lowest BCUT2D eigenvalue weighted by Crippen LogP contribution is -2.30. The summed E-state index contributed by atoms with van der Waals surface area (Å²) in [5.74, 6) is 1.01. The van der Waals surface area contributed by atoms with E-state index in [1.54, 1.807) is 43.8 Å². The van der Waals surface area contributed by atoms with Crippen LogP contribution in [-0.2, 0) is 0 Å². The Bertz CT molecular complexity index is 983. The van der Waals surface area contributed by atoms with Crippen LogP contribution in [0, 0.1) is 0 Å². The second-order valence-electron chi connectivity index (χ2n) is 7.53. The van der Waals surface area contributed by atoms with E-state index in [4.69, 9.17) is 9.47 Å². The molecule has 1 N–H and O–H groups in total. The SMILES string of the molecule is CCCN(CCC)CCOc1cc(NC(=O)c2cncc(-n3cccc3)c2)ccc1OC. The van der Waals surface area contributed by atoms with Gasteiger partial charge < -0.3 is 19.4 Å². The first-order chi connectivity index (χ1) is 15.6. The van der Waals surface area contributed by atoms with Crippen LogP contribution in [0.5, 0.6) is 11.5 Å². The quantitative estimate of drug-likeness (QED) is 0.448. The minimum Gasteiger partial charge on any atom is -0.493 e. The predicted octanol–water partition coefficient (Wildman–Crippen LogP) is 4.63. The molecule has 7 nitrogen and oxygen atoms in total. The molecule has 1 aromatic carbocycles. The number of benzene rings is 1. The molecule has 7 heteroatoms. The topological polar surface area (TPSA) is 68.6 Å². The van der Waals surface area contributed by atoms with Crippen molar-refractivity contribution in [3.05, 3.63) is 66.7 Å². The molecule has 3 rings (SSSR count). The van der Waals surface area contributed by atoms with Crippen molar-refractivity contribution in [3.8, 4) is 17.2 Å². The molecule has 0 aliphatic carbocycles. The number of amides is 1. The minimum absolute atomic E-state index is 0.236. The van der Waals surface area contributed by atoms with Crippen LogP contribution >= 0.6 is 0 Å². The second kappa shape index (κ2) is 11.9. The highest BCUT2D eigenvalue weighted by atomic mass is 16.5. The summed E-state index contributed by atoms with van der Waals surface area (Å²) in [4.78, 5) is 19.4. The minimum atomic E-state index is -0.236. The molecule has 0 unspecified atom stereocenters. The van der Waals surface area contributed by atoms with Crippen molar-refractivity contribution in [2.45, 2.75) is 26.7 Å². The molecule has 0 bridgehead atoms. The monoisotopic (exact) mass is 436 g/mol. The van der Waals surface area contributed by atoms with Crippen molar-refractivity contribution >= 4 is 11.6 Å². The van der Waals surface area contributed by atoms with Gasteiger partial charge in [0.05, 0.1) is 24.6 Å². The van der Waals surface area contributed by atoms with Crippen LogP contribution in [-0.4, -0.2) is 53.7 Å². The third-order valence-corrected chi connectivity index (χ3v) is 5.05. The number of anilines is 1. The molecule has 0 saturated carbocycles. The molecule has 0 aliphatic heterocycles. The Morgan fingerprint density at radius 3 is 2.47 bits per heavy atom. The smallest absolute Gasteiger partial charge is 0.257 e. The zero-order valence-corrected chi connectivity index (χ0v) is 19.1. The Morgan fingerprint density at radius 1 is 1.03 bits per heavy atom. The van der Waals surface area contributed by atoms with E-state index in [1.807, 2.05) is 29.1 Å². The number of nitrogens with one attached hydrogen (secondary N) is 1. The third-order valence-electron chi connectivity index (χ3n) is 5.05. The number of ether oxygens (including phenoxy) is 2. The zero-order chi connectivity index (χ0) is 22.8. The van der Waals surface area contributed by atoms with Gasteiger partial charge in [-0.3, -0.25) is 14.7 Å². The summed E-state index contributed by atoms with van der Waals surface area (Å²) in [5.41, 5.74) is 1.94. The normalized spacial score (nSPS) is 10.9. The number of carbonyl (C=O) groups is 1. The Kier molecular flexibility index (Phi) is 8.69. The van der Waals surface area contributed by atoms with Gasteiger partial charge in [-0.05, 0) is 56.3 Å². The van der Waals surface area contributed by atoms with Crippen molar-refractivity contribution in [2.24, 2.45) is 0 Å². The Morgan fingerprint density at radius 2 is 1.78 bits per heavy atom. The van der Waals surface area contributed by atoms with Gasteiger partial charge in [-0.15, -0.1) is 0 Å². The van der Waals surface area contributed by atoms with E-state index in [2.05, 4.69) is 29.0 Å². The number of hydrogen-bond acceptors (Lipinski definition) is 5. The highest BCUT2D eigenvalue weighted by molar-refractivity contribution is 6.04. The van der Waals surface area contributed by atoms with E-state index in [1.165, 1.54) is 0 Å². The van der Waals surface area contributed by atoms with E-state index < -0.39 is 0 Å². The summed E-state index contributed by atoms with van der Waals surface area (Å²) in [7, 11) is 1.61. The first kappa shape index (κ1) is 23.3. The number of hydrogen-bond donors (Lipinski definition) is 1. The lowest BCUT2D eigenvalue weighted by molar-refractivity contribution is 0.102. The van der Waals surface area contributed by atoms with Crippen molar-refractivity contribution in [2.75, 3.05) is 38.7 Å². The van der Waals surface area contributed by atoms with Crippen LogP contribution in [0.25, 0.3) is 5.69 Å². The molecule has 0 spiro atoms. The largest absolute Gasteiger partial charge is 0.493 e. The molecule has 0 saturated heterocycles. The highest BCUT2D eigenvalue weighted by Gasteiger charge is 2.12. The highest BCUT2D eigenvalue weighted by Crippen LogP contribution is 2.30. The predicted molar refractivity (Wildman–Crippen MR) is 127 cm³/mol. The summed E-state index contributed by atoms with van der Waals surface area (Å²) in [6, 6.07) is 11.1. The average Bonchev–Trinajstić information content (AvgIpc) is 3.35. The van der Waals surface area contributed by atoms with Gasteiger partial charge in [-0.1, -0.05) is 13.8 Å². The third kappa shape index (κ3) is 6.34. The number of aromatic nitrogens is 2. The van der Waals surface area contributed by atoms with Crippen LogP contribution in [0.4, 0.5) is 5.69 Å². The Labute approximate surface area is 190 Å². The van der Waals surface area contributed by atoms with Gasteiger partial charge in [0.1, 0.15) is 6.61 Å². The average molecular weight is 437 g/mol. The zero-order valence-electron chi connectivity index (χ0n) is 19.1. The molecule has 2 aromatic heterocycles. The first-order valence-corrected chi connectivity index (χ1v) is 11.1. The molecule has 170 valence electrons. The van der Waals surface area contributed by atoms with E-state index in [0.29, 0.717) is 29.4 Å². The molecule has 3 aromatic rings. The lowest BCUT2D eigenvalue weighted by Gasteiger charge is -2.21. The van der Waals surface area contributed by atoms with Crippen molar-refractivity contribution in [3.63, 3.8) is 0 Å². The fourth-order valence-electron chi connectivity index (χ4n) is 3.52. The van der Waals surface area contributed by atoms with Crippen LogP contribution in [0.1, 0.15) is 37.0 Å². The fraction of sp³-hybridized carbons (Fsp3) is 0.360. The number of pyridine rings is 1. The van der Waals surface area contributed by atoms with Gasteiger partial charge in [0.15, 0.2) is 11.5 Å². The molecule has 0 radical (unpaired) electrons. The summed E-state index contributed by atoms with van der Waals surface area (Å²) in [6.45, 7) is 7.88. The van der Waals surface area contributed by atoms with Crippen molar-refractivity contribution in [1.29, 1.82) is 0 Å². The first-order valence-electron chi connectivity index (χ1n) is 11.1. The van der Waals surface area contributed by atoms with E-state index >= 15 is 0 Å². The molecule has 0 aliphatic rings. The number of methoxy groups -OCH3 is 1. The number of nitrogens with zero attached hydrogens (tertiary/aromatic N) is 3. The molecular formula is C25H32N4O3. The standard InChI is InChI=1S/C25H32N4O3/c1-4-10-28(11-5-2)14-15-32-24-17-21(8-9-23(24)31-3)27-25(30)20-16-22(19-26-18-20)29-12-6-7-13-29/h6-9,12-13,16-19H,4-5,10-11,14-15H2,1-3H3,(H,27,30). The Hall–Kier alpha value is -3.32. The van der Waals surface area contributed by atoms with Gasteiger partial charge >= 0.3 is 0 Å². The van der Waals surface area contributed by atoms with Crippen LogP contribution < -0.4 is 14.8 Å². The van der Waals surface area contributed by atoms with Crippen LogP contribution in [0.3, 0.4) is 0 Å². The molecular weight excluding hydrogens is 404 g/mol. The summed E-state index contributed by atoms with van der Waals surface area (Å²) in [6.07, 6.45) is 9.33. The number of carbonyl (C=O) groups excluding carboxylic acids is 1. The van der Waals surface area contributed by atoms with Crippen LogP contribution in [0.15, 0.2) is 61.2 Å². The number of rotatable bonds is 12. The molecule has 0 atom stereocenters. The lowest BCUT2D eigenvalue weighted by atomic mass is 10.2. The van der Waals surface area contributed by atoms with Gasteiger partial charge in [-0.25, -0.2) is 0 Å². The molecule has 0 fully saturated rings. The van der Waals surface area contributed by atoms with Gasteiger partial charge in [-0.2, -0.15) is 0 Å².